The molecule has 2 unspecified atom stereocenters. The zero-order chi connectivity index (χ0) is 11.9. The van der Waals surface area contributed by atoms with E-state index in [2.05, 4.69) is 29.7 Å². The highest BCUT2D eigenvalue weighted by Crippen LogP contribution is 2.21. The fourth-order valence-corrected chi connectivity index (χ4v) is 1.71. The van der Waals surface area contributed by atoms with Crippen LogP contribution in [0, 0.1) is 0 Å². The average Bonchev–Trinajstić information content (AvgIpc) is 2.14. The molecule has 0 aromatic rings. The van der Waals surface area contributed by atoms with Crippen LogP contribution in [0.5, 0.6) is 0 Å². The van der Waals surface area contributed by atoms with E-state index >= 15 is 0 Å². The molecule has 0 aromatic carbocycles. The maximum atomic E-state index is 11.2. The Morgan fingerprint density at radius 3 is 2.60 bits per heavy atom. The lowest BCUT2D eigenvalue weighted by Crippen LogP contribution is -2.43. The van der Waals surface area contributed by atoms with Gasteiger partial charge in [-0.25, -0.2) is 0 Å². The molecule has 0 amide bonds. The first-order valence-electron chi connectivity index (χ1n) is 4.80. The minimum atomic E-state index is -1.27. The summed E-state index contributed by atoms with van der Waals surface area (Å²) in [4.78, 5) is 11.2. The SMILES string of the molecule is CCCC(=O)OC(OS)C(C)(O)CCS. The van der Waals surface area contributed by atoms with Crippen LogP contribution in [0.1, 0.15) is 33.1 Å². The molecule has 2 atom stereocenters. The van der Waals surface area contributed by atoms with Crippen LogP contribution >= 0.6 is 25.5 Å². The predicted molar refractivity (Wildman–Crippen MR) is 64.0 cm³/mol. The van der Waals surface area contributed by atoms with Gasteiger partial charge in [-0.2, -0.15) is 12.6 Å². The van der Waals surface area contributed by atoms with Gasteiger partial charge in [0.05, 0.1) is 0 Å². The minimum Gasteiger partial charge on any atom is -0.432 e. The van der Waals surface area contributed by atoms with E-state index in [0.717, 1.165) is 0 Å². The second-order valence-electron chi connectivity index (χ2n) is 3.51. The van der Waals surface area contributed by atoms with Crippen molar-refractivity contribution in [2.24, 2.45) is 0 Å². The van der Waals surface area contributed by atoms with Crippen LogP contribution in [0.2, 0.25) is 0 Å². The van der Waals surface area contributed by atoms with Gasteiger partial charge in [0.15, 0.2) is 0 Å². The molecule has 90 valence electrons. The van der Waals surface area contributed by atoms with Gasteiger partial charge in [-0.3, -0.25) is 8.98 Å². The van der Waals surface area contributed by atoms with Gasteiger partial charge in [-0.05, 0) is 38.4 Å². The van der Waals surface area contributed by atoms with Crippen LogP contribution in [-0.4, -0.2) is 28.7 Å². The molecular weight excluding hydrogens is 236 g/mol. The van der Waals surface area contributed by atoms with Crippen molar-refractivity contribution in [3.8, 4) is 0 Å². The topological polar surface area (TPSA) is 55.8 Å². The highest BCUT2D eigenvalue weighted by Gasteiger charge is 2.35. The molecular formula is C9H18O4S2. The van der Waals surface area contributed by atoms with Crippen molar-refractivity contribution in [2.45, 2.75) is 45.0 Å². The second kappa shape index (κ2) is 7.38. The Morgan fingerprint density at radius 1 is 1.60 bits per heavy atom. The summed E-state index contributed by atoms with van der Waals surface area (Å²) in [6.07, 6.45) is 0.269. The monoisotopic (exact) mass is 254 g/mol. The first kappa shape index (κ1) is 15.1. The van der Waals surface area contributed by atoms with Gasteiger partial charge in [-0.1, -0.05) is 6.92 Å². The van der Waals surface area contributed by atoms with Crippen LogP contribution in [0.4, 0.5) is 0 Å². The molecule has 0 aromatic heterocycles. The summed E-state index contributed by atoms with van der Waals surface area (Å²) in [7, 11) is 0. The molecule has 4 nitrogen and oxygen atoms in total. The maximum Gasteiger partial charge on any atom is 0.308 e. The number of ether oxygens (including phenoxy) is 1. The van der Waals surface area contributed by atoms with Gasteiger partial charge in [-0.15, -0.1) is 0 Å². The van der Waals surface area contributed by atoms with Crippen molar-refractivity contribution in [3.05, 3.63) is 0 Å². The lowest BCUT2D eigenvalue weighted by Gasteiger charge is -2.29. The predicted octanol–water partition coefficient (Wildman–Crippen LogP) is 1.59. The Hall–Kier alpha value is 0.0900. The molecule has 0 aliphatic heterocycles. The summed E-state index contributed by atoms with van der Waals surface area (Å²) in [6.45, 7) is 3.38. The van der Waals surface area contributed by atoms with Crippen LogP contribution in [0.3, 0.4) is 0 Å². The third-order valence-electron chi connectivity index (χ3n) is 1.91. The summed E-state index contributed by atoms with van der Waals surface area (Å²) < 4.78 is 9.59. The Morgan fingerprint density at radius 2 is 2.20 bits per heavy atom. The van der Waals surface area contributed by atoms with Gasteiger partial charge < -0.3 is 9.84 Å². The molecule has 0 heterocycles. The zero-order valence-electron chi connectivity index (χ0n) is 8.97. The zero-order valence-corrected chi connectivity index (χ0v) is 10.8. The fraction of sp³-hybridized carbons (Fsp3) is 0.889. The highest BCUT2D eigenvalue weighted by atomic mass is 32.1. The molecule has 0 radical (unpaired) electrons. The standard InChI is InChI=1S/C9H18O4S2/c1-3-4-7(10)12-8(13-15)9(2,11)5-6-14/h8,11,14-15H,3-6H2,1-2H3. The summed E-state index contributed by atoms with van der Waals surface area (Å²) >= 11 is 7.58. The van der Waals surface area contributed by atoms with E-state index in [1.165, 1.54) is 6.92 Å². The van der Waals surface area contributed by atoms with Gasteiger partial charge >= 0.3 is 5.97 Å². The van der Waals surface area contributed by atoms with Crippen LogP contribution in [0.15, 0.2) is 0 Å². The number of carbonyl (C=O) groups is 1. The summed E-state index contributed by atoms with van der Waals surface area (Å²) in [6, 6.07) is 0. The third-order valence-corrected chi connectivity index (χ3v) is 2.33. The van der Waals surface area contributed by atoms with Crippen molar-refractivity contribution >= 4 is 31.5 Å². The quantitative estimate of drug-likeness (QED) is 0.279. The average molecular weight is 254 g/mol. The van der Waals surface area contributed by atoms with Gasteiger partial charge in [0, 0.05) is 6.42 Å². The number of aliphatic hydroxyl groups is 1. The van der Waals surface area contributed by atoms with E-state index in [9.17, 15) is 9.90 Å². The summed E-state index contributed by atoms with van der Waals surface area (Å²) in [5.74, 6) is 0.0578. The van der Waals surface area contributed by atoms with E-state index < -0.39 is 17.9 Å². The lowest BCUT2D eigenvalue weighted by molar-refractivity contribution is -0.197. The Bertz CT molecular complexity index is 197. The molecule has 0 fully saturated rings. The number of hydrogen-bond donors (Lipinski definition) is 3. The van der Waals surface area contributed by atoms with E-state index in [0.29, 0.717) is 25.0 Å². The van der Waals surface area contributed by atoms with E-state index in [4.69, 9.17) is 4.74 Å². The molecule has 0 spiro atoms. The van der Waals surface area contributed by atoms with Crippen molar-refractivity contribution < 1.29 is 18.8 Å². The maximum absolute atomic E-state index is 11.2. The number of hydrogen-bond acceptors (Lipinski definition) is 6. The highest BCUT2D eigenvalue weighted by molar-refractivity contribution is 7.80. The first-order chi connectivity index (χ1) is 6.97. The lowest BCUT2D eigenvalue weighted by atomic mass is 10.0. The van der Waals surface area contributed by atoms with E-state index in [1.54, 1.807) is 0 Å². The third kappa shape index (κ3) is 5.65. The molecule has 0 rings (SSSR count). The molecule has 0 aliphatic carbocycles. The molecule has 0 saturated heterocycles. The summed E-state index contributed by atoms with van der Waals surface area (Å²) in [5, 5.41) is 9.89. The van der Waals surface area contributed by atoms with E-state index in [1.807, 2.05) is 6.92 Å². The number of rotatable bonds is 7. The Balaban J connectivity index is 4.28. The number of thiol groups is 2. The fourth-order valence-electron chi connectivity index (χ4n) is 0.989. The Labute approximate surface area is 101 Å². The molecule has 15 heavy (non-hydrogen) atoms. The van der Waals surface area contributed by atoms with Gasteiger partial charge in [0.2, 0.25) is 6.29 Å². The first-order valence-corrected chi connectivity index (χ1v) is 5.80. The van der Waals surface area contributed by atoms with Crippen molar-refractivity contribution in [1.29, 1.82) is 0 Å². The molecule has 0 aliphatic rings. The normalized spacial score (nSPS) is 16.9. The molecule has 0 saturated carbocycles. The molecule has 1 N–H and O–H groups in total. The van der Waals surface area contributed by atoms with Crippen LogP contribution in [-0.2, 0) is 13.7 Å². The van der Waals surface area contributed by atoms with Gasteiger partial charge in [0.25, 0.3) is 0 Å². The molecule has 6 heteroatoms. The van der Waals surface area contributed by atoms with Crippen molar-refractivity contribution in [3.63, 3.8) is 0 Å². The number of esters is 1. The summed E-state index contributed by atoms with van der Waals surface area (Å²) in [5.41, 5.74) is -1.27. The Kier molecular flexibility index (Phi) is 7.42. The van der Waals surface area contributed by atoms with Gasteiger partial charge in [0.1, 0.15) is 5.60 Å². The smallest absolute Gasteiger partial charge is 0.308 e. The number of carbonyl (C=O) groups excluding carboxylic acids is 1. The van der Waals surface area contributed by atoms with Crippen LogP contribution < -0.4 is 0 Å². The second-order valence-corrected chi connectivity index (χ2v) is 4.17. The van der Waals surface area contributed by atoms with Crippen molar-refractivity contribution in [1.82, 2.24) is 0 Å². The van der Waals surface area contributed by atoms with Crippen LogP contribution in [0.25, 0.3) is 0 Å². The largest absolute Gasteiger partial charge is 0.432 e. The molecule has 0 bridgehead atoms. The van der Waals surface area contributed by atoms with E-state index in [-0.39, 0.29) is 0 Å². The van der Waals surface area contributed by atoms with Crippen molar-refractivity contribution in [2.75, 3.05) is 5.75 Å². The minimum absolute atomic E-state index is 0.296.